The Labute approximate surface area is 380 Å². The Morgan fingerprint density at radius 3 is 0.934 bits per heavy atom. The molecule has 2 atom stereocenters. The number of carbonyl (C=O) groups is 3. The van der Waals surface area contributed by atoms with Crippen LogP contribution in [0.15, 0.2) is 0 Å². The van der Waals surface area contributed by atoms with Crippen molar-refractivity contribution in [1.82, 2.24) is 0 Å². The van der Waals surface area contributed by atoms with Crippen LogP contribution in [0.4, 0.5) is 0 Å². The molecule has 0 amide bonds. The van der Waals surface area contributed by atoms with Crippen LogP contribution in [0.1, 0.15) is 304 Å². The fourth-order valence-electron chi connectivity index (χ4n) is 8.31. The van der Waals surface area contributed by atoms with Crippen molar-refractivity contribution < 1.29 is 28.6 Å². The van der Waals surface area contributed by atoms with Crippen LogP contribution in [-0.2, 0) is 28.6 Å². The number of carbonyl (C=O) groups excluding carboxylic acids is 3. The molecule has 0 fully saturated rings. The number of rotatable bonds is 49. The fraction of sp³-hybridized carbons (Fsp3) is 0.945. The lowest BCUT2D eigenvalue weighted by Crippen LogP contribution is -2.30. The first-order chi connectivity index (χ1) is 29.8. The van der Waals surface area contributed by atoms with Crippen LogP contribution >= 0.6 is 0 Å². The van der Waals surface area contributed by atoms with Gasteiger partial charge in [0.1, 0.15) is 13.2 Å². The molecule has 0 aliphatic carbocycles. The van der Waals surface area contributed by atoms with Crippen LogP contribution in [0.25, 0.3) is 0 Å². The lowest BCUT2D eigenvalue weighted by atomic mass is 9.99. The maximum Gasteiger partial charge on any atom is 0.306 e. The first-order valence-corrected chi connectivity index (χ1v) is 27.3. The molecule has 0 spiro atoms. The van der Waals surface area contributed by atoms with E-state index in [1.807, 2.05) is 0 Å². The number of hydrogen-bond acceptors (Lipinski definition) is 6. The Kier molecular flexibility index (Phi) is 46.6. The smallest absolute Gasteiger partial charge is 0.306 e. The van der Waals surface area contributed by atoms with Crippen molar-refractivity contribution in [3.05, 3.63) is 0 Å². The van der Waals surface area contributed by atoms with E-state index in [0.717, 1.165) is 69.6 Å². The summed E-state index contributed by atoms with van der Waals surface area (Å²) < 4.78 is 16.8. The molecule has 362 valence electrons. The SMILES string of the molecule is CCCCCCCCCCCCCCCCCCCCCC(=O)OC[C@H](COC(=O)CCCCCCCCCC(C)C)OC(=O)CCCCCCCCCCCCC(C)CC. The highest BCUT2D eigenvalue weighted by Gasteiger charge is 2.19. The molecule has 6 heteroatoms. The quantitative estimate of drug-likeness (QED) is 0.0344. The predicted octanol–water partition coefficient (Wildman–Crippen LogP) is 17.7. The van der Waals surface area contributed by atoms with Gasteiger partial charge in [-0.1, -0.05) is 266 Å². The van der Waals surface area contributed by atoms with Crippen molar-refractivity contribution in [2.45, 2.75) is 310 Å². The van der Waals surface area contributed by atoms with E-state index in [1.165, 1.54) is 193 Å². The zero-order valence-corrected chi connectivity index (χ0v) is 41.8. The summed E-state index contributed by atoms with van der Waals surface area (Å²) >= 11 is 0. The van der Waals surface area contributed by atoms with Crippen LogP contribution in [0.5, 0.6) is 0 Å². The molecule has 0 saturated carbocycles. The molecule has 0 aliphatic rings. The average Bonchev–Trinajstić information content (AvgIpc) is 3.24. The average molecular weight is 863 g/mol. The minimum atomic E-state index is -0.762. The molecule has 0 N–H and O–H groups in total. The Hall–Kier alpha value is -1.59. The van der Waals surface area contributed by atoms with E-state index < -0.39 is 6.10 Å². The van der Waals surface area contributed by atoms with Gasteiger partial charge < -0.3 is 14.2 Å². The Bertz CT molecular complexity index is 933. The topological polar surface area (TPSA) is 78.9 Å². The van der Waals surface area contributed by atoms with Crippen molar-refractivity contribution in [3.63, 3.8) is 0 Å². The van der Waals surface area contributed by atoms with Gasteiger partial charge in [-0.25, -0.2) is 0 Å². The molecule has 0 aromatic heterocycles. The summed E-state index contributed by atoms with van der Waals surface area (Å²) in [5, 5.41) is 0. The minimum absolute atomic E-state index is 0.0641. The molecule has 61 heavy (non-hydrogen) atoms. The molecule has 0 heterocycles. The minimum Gasteiger partial charge on any atom is -0.462 e. The molecular weight excluding hydrogens is 757 g/mol. The van der Waals surface area contributed by atoms with Crippen molar-refractivity contribution >= 4 is 17.9 Å². The third-order valence-electron chi connectivity index (χ3n) is 12.8. The van der Waals surface area contributed by atoms with Gasteiger partial charge in [0.25, 0.3) is 0 Å². The second kappa shape index (κ2) is 47.9. The largest absolute Gasteiger partial charge is 0.462 e. The van der Waals surface area contributed by atoms with Crippen LogP contribution in [0.3, 0.4) is 0 Å². The van der Waals surface area contributed by atoms with E-state index in [-0.39, 0.29) is 31.1 Å². The molecule has 0 radical (unpaired) electrons. The zero-order valence-electron chi connectivity index (χ0n) is 41.8. The molecule has 0 aromatic rings. The molecule has 0 saturated heterocycles. The van der Waals surface area contributed by atoms with E-state index in [2.05, 4.69) is 34.6 Å². The Morgan fingerprint density at radius 1 is 0.344 bits per heavy atom. The summed E-state index contributed by atoms with van der Waals surface area (Å²) in [7, 11) is 0. The summed E-state index contributed by atoms with van der Waals surface area (Å²) in [5.41, 5.74) is 0. The molecule has 0 bridgehead atoms. The lowest BCUT2D eigenvalue weighted by Gasteiger charge is -2.18. The Balaban J connectivity index is 4.25. The lowest BCUT2D eigenvalue weighted by molar-refractivity contribution is -0.167. The molecule has 0 aliphatic heterocycles. The van der Waals surface area contributed by atoms with Crippen molar-refractivity contribution in [3.8, 4) is 0 Å². The Morgan fingerprint density at radius 2 is 0.623 bits per heavy atom. The standard InChI is InChI=1S/C55H106O6/c1-6-8-9-10-11-12-13-14-15-16-17-18-19-20-21-25-30-35-40-45-53(56)59-48-52(49-60-54(57)46-41-36-32-27-28-33-38-43-50(3)4)61-55(58)47-42-37-31-26-23-22-24-29-34-39-44-51(5)7-2/h50-52H,6-49H2,1-5H3/t51?,52-/m1/s1. The van der Waals surface area contributed by atoms with Crippen LogP contribution < -0.4 is 0 Å². The summed E-state index contributed by atoms with van der Waals surface area (Å²) in [5.74, 6) is 0.800. The molecule has 0 aromatic carbocycles. The van der Waals surface area contributed by atoms with Gasteiger partial charge in [0.2, 0.25) is 0 Å². The van der Waals surface area contributed by atoms with Crippen molar-refractivity contribution in [2.24, 2.45) is 11.8 Å². The number of esters is 3. The van der Waals surface area contributed by atoms with E-state index in [9.17, 15) is 14.4 Å². The zero-order chi connectivity index (χ0) is 44.7. The van der Waals surface area contributed by atoms with E-state index in [1.54, 1.807) is 0 Å². The van der Waals surface area contributed by atoms with Gasteiger partial charge in [-0.15, -0.1) is 0 Å². The maximum absolute atomic E-state index is 12.8. The highest BCUT2D eigenvalue weighted by Crippen LogP contribution is 2.18. The molecule has 0 rings (SSSR count). The number of ether oxygens (including phenoxy) is 3. The summed E-state index contributed by atoms with van der Waals surface area (Å²) in [6, 6.07) is 0. The van der Waals surface area contributed by atoms with E-state index >= 15 is 0 Å². The number of hydrogen-bond donors (Lipinski definition) is 0. The number of unbranched alkanes of at least 4 members (excludes halogenated alkanes) is 33. The summed E-state index contributed by atoms with van der Waals surface area (Å²) in [6.45, 7) is 11.4. The second-order valence-electron chi connectivity index (χ2n) is 19.6. The fourth-order valence-corrected chi connectivity index (χ4v) is 8.31. The van der Waals surface area contributed by atoms with E-state index in [0.29, 0.717) is 19.3 Å². The normalized spacial score (nSPS) is 12.5. The van der Waals surface area contributed by atoms with Gasteiger partial charge in [0, 0.05) is 19.3 Å². The molecule has 6 nitrogen and oxygen atoms in total. The van der Waals surface area contributed by atoms with Gasteiger partial charge in [-0.2, -0.15) is 0 Å². The van der Waals surface area contributed by atoms with Gasteiger partial charge >= 0.3 is 17.9 Å². The monoisotopic (exact) mass is 863 g/mol. The molecule has 1 unspecified atom stereocenters. The predicted molar refractivity (Wildman–Crippen MR) is 261 cm³/mol. The van der Waals surface area contributed by atoms with Crippen molar-refractivity contribution in [1.29, 1.82) is 0 Å². The maximum atomic E-state index is 12.8. The first kappa shape index (κ1) is 59.4. The van der Waals surface area contributed by atoms with Gasteiger partial charge in [-0.05, 0) is 31.1 Å². The first-order valence-electron chi connectivity index (χ1n) is 27.3. The van der Waals surface area contributed by atoms with Crippen LogP contribution in [-0.4, -0.2) is 37.2 Å². The van der Waals surface area contributed by atoms with Crippen LogP contribution in [0.2, 0.25) is 0 Å². The summed E-state index contributed by atoms with van der Waals surface area (Å²) in [6.07, 6.45) is 49.5. The van der Waals surface area contributed by atoms with Crippen molar-refractivity contribution in [2.75, 3.05) is 13.2 Å². The third-order valence-corrected chi connectivity index (χ3v) is 12.8. The second-order valence-corrected chi connectivity index (χ2v) is 19.6. The van der Waals surface area contributed by atoms with E-state index in [4.69, 9.17) is 14.2 Å². The third kappa shape index (κ3) is 47.7. The van der Waals surface area contributed by atoms with Crippen LogP contribution in [0, 0.1) is 11.8 Å². The highest BCUT2D eigenvalue weighted by atomic mass is 16.6. The van der Waals surface area contributed by atoms with Gasteiger partial charge in [0.15, 0.2) is 6.10 Å². The van der Waals surface area contributed by atoms with Gasteiger partial charge in [0.05, 0.1) is 0 Å². The van der Waals surface area contributed by atoms with Gasteiger partial charge in [-0.3, -0.25) is 14.4 Å². The molecular formula is C55H106O6. The highest BCUT2D eigenvalue weighted by molar-refractivity contribution is 5.71. The summed E-state index contributed by atoms with van der Waals surface area (Å²) in [4.78, 5) is 38.0.